The first-order valence-corrected chi connectivity index (χ1v) is 6.65. The molecule has 1 atom stereocenters. The van der Waals surface area contributed by atoms with E-state index in [2.05, 4.69) is 15.8 Å². The molecule has 7 heteroatoms. The van der Waals surface area contributed by atoms with Crippen LogP contribution < -0.4 is 10.6 Å². The van der Waals surface area contributed by atoms with Gasteiger partial charge in [0.25, 0.3) is 5.91 Å². The smallest absolute Gasteiger partial charge is 0.330 e. The summed E-state index contributed by atoms with van der Waals surface area (Å²) >= 11 is 0. The summed E-state index contributed by atoms with van der Waals surface area (Å²) in [5.41, 5.74) is -0.568. The molecule has 1 aromatic heterocycles. The Labute approximate surface area is 116 Å². The van der Waals surface area contributed by atoms with Gasteiger partial charge in [0.05, 0.1) is 5.69 Å². The van der Waals surface area contributed by atoms with Crippen LogP contribution in [0.5, 0.6) is 0 Å². The third-order valence-corrected chi connectivity index (χ3v) is 3.32. The highest BCUT2D eigenvalue weighted by atomic mass is 16.5. The van der Waals surface area contributed by atoms with E-state index in [1.54, 1.807) is 6.07 Å². The molecule has 1 aliphatic heterocycles. The van der Waals surface area contributed by atoms with Crippen molar-refractivity contribution < 1.29 is 19.2 Å². The Morgan fingerprint density at radius 1 is 1.60 bits per heavy atom. The molecule has 2 heterocycles. The Morgan fingerprint density at radius 3 is 2.90 bits per heavy atom. The molecule has 0 bridgehead atoms. The van der Waals surface area contributed by atoms with Crippen molar-refractivity contribution >= 4 is 11.9 Å². The van der Waals surface area contributed by atoms with Crippen LogP contribution in [-0.2, 0) is 11.2 Å². The van der Waals surface area contributed by atoms with Crippen LogP contribution in [0.4, 0.5) is 0 Å². The first kappa shape index (κ1) is 14.5. The molecule has 0 spiro atoms. The number of aromatic nitrogens is 1. The SMILES string of the molecule is CC(C)Cc1cc(C(=O)NC2(C(=O)O)CCNC2)on1. The number of amides is 1. The summed E-state index contributed by atoms with van der Waals surface area (Å²) in [4.78, 5) is 23.4. The Kier molecular flexibility index (Phi) is 4.08. The highest BCUT2D eigenvalue weighted by Gasteiger charge is 2.43. The molecule has 0 saturated carbocycles. The van der Waals surface area contributed by atoms with E-state index < -0.39 is 17.4 Å². The van der Waals surface area contributed by atoms with Gasteiger partial charge in [0, 0.05) is 12.6 Å². The van der Waals surface area contributed by atoms with Crippen molar-refractivity contribution in [3.8, 4) is 0 Å². The fourth-order valence-electron chi connectivity index (χ4n) is 2.25. The maximum Gasteiger partial charge on any atom is 0.330 e. The van der Waals surface area contributed by atoms with Gasteiger partial charge in [-0.25, -0.2) is 4.79 Å². The highest BCUT2D eigenvalue weighted by Crippen LogP contribution is 2.17. The second-order valence-electron chi connectivity index (χ2n) is 5.55. The predicted octanol–water partition coefficient (Wildman–Crippen LogP) is 0.420. The van der Waals surface area contributed by atoms with Crippen molar-refractivity contribution in [2.75, 3.05) is 13.1 Å². The molecule has 1 saturated heterocycles. The second-order valence-corrected chi connectivity index (χ2v) is 5.55. The summed E-state index contributed by atoms with van der Waals surface area (Å²) in [6, 6.07) is 1.56. The fourth-order valence-corrected chi connectivity index (χ4v) is 2.25. The third kappa shape index (κ3) is 2.98. The topological polar surface area (TPSA) is 104 Å². The van der Waals surface area contributed by atoms with E-state index in [0.717, 1.165) is 0 Å². The second kappa shape index (κ2) is 5.62. The molecule has 110 valence electrons. The number of nitrogens with zero attached hydrogens (tertiary/aromatic N) is 1. The predicted molar refractivity (Wildman–Crippen MR) is 70.4 cm³/mol. The summed E-state index contributed by atoms with van der Waals surface area (Å²) < 4.78 is 4.99. The number of hydrogen-bond acceptors (Lipinski definition) is 5. The van der Waals surface area contributed by atoms with Crippen LogP contribution in [0.3, 0.4) is 0 Å². The normalized spacial score (nSPS) is 22.1. The fraction of sp³-hybridized carbons (Fsp3) is 0.615. The largest absolute Gasteiger partial charge is 0.479 e. The van der Waals surface area contributed by atoms with E-state index in [1.807, 2.05) is 13.8 Å². The number of carbonyl (C=O) groups is 2. The van der Waals surface area contributed by atoms with Crippen LogP contribution in [0.2, 0.25) is 0 Å². The third-order valence-electron chi connectivity index (χ3n) is 3.32. The molecular formula is C13H19N3O4. The van der Waals surface area contributed by atoms with Gasteiger partial charge >= 0.3 is 5.97 Å². The average Bonchev–Trinajstić information content (AvgIpc) is 2.98. The van der Waals surface area contributed by atoms with Crippen molar-refractivity contribution in [2.45, 2.75) is 32.2 Å². The van der Waals surface area contributed by atoms with Crippen LogP contribution in [0.25, 0.3) is 0 Å². The first-order valence-electron chi connectivity index (χ1n) is 6.65. The Morgan fingerprint density at radius 2 is 2.35 bits per heavy atom. The van der Waals surface area contributed by atoms with E-state index in [1.165, 1.54) is 0 Å². The molecule has 1 aromatic rings. The van der Waals surface area contributed by atoms with Crippen molar-refractivity contribution in [3.63, 3.8) is 0 Å². The zero-order chi connectivity index (χ0) is 14.8. The summed E-state index contributed by atoms with van der Waals surface area (Å²) in [7, 11) is 0. The molecule has 1 aliphatic rings. The molecule has 0 aliphatic carbocycles. The van der Waals surface area contributed by atoms with Gasteiger partial charge in [-0.3, -0.25) is 4.79 Å². The van der Waals surface area contributed by atoms with E-state index in [-0.39, 0.29) is 12.3 Å². The average molecular weight is 281 g/mol. The van der Waals surface area contributed by atoms with Gasteiger partial charge in [-0.15, -0.1) is 0 Å². The molecule has 20 heavy (non-hydrogen) atoms. The molecule has 2 rings (SSSR count). The van der Waals surface area contributed by atoms with Crippen LogP contribution in [0.15, 0.2) is 10.6 Å². The quantitative estimate of drug-likeness (QED) is 0.722. The van der Waals surface area contributed by atoms with E-state index >= 15 is 0 Å². The maximum atomic E-state index is 12.1. The van der Waals surface area contributed by atoms with Crippen LogP contribution in [0.1, 0.15) is 36.5 Å². The zero-order valence-corrected chi connectivity index (χ0v) is 11.6. The first-order chi connectivity index (χ1) is 9.43. The monoisotopic (exact) mass is 281 g/mol. The summed E-state index contributed by atoms with van der Waals surface area (Å²) in [5.74, 6) is -1.13. The molecule has 7 nitrogen and oxygen atoms in total. The minimum atomic E-state index is -1.26. The maximum absolute atomic E-state index is 12.1. The van der Waals surface area contributed by atoms with Crippen molar-refractivity contribution in [3.05, 3.63) is 17.5 Å². The minimum absolute atomic E-state index is 0.0492. The van der Waals surface area contributed by atoms with Gasteiger partial charge in [-0.1, -0.05) is 19.0 Å². The Balaban J connectivity index is 2.07. The molecule has 1 fully saturated rings. The summed E-state index contributed by atoms with van der Waals surface area (Å²) in [5, 5.41) is 18.6. The lowest BCUT2D eigenvalue weighted by Gasteiger charge is -2.23. The lowest BCUT2D eigenvalue weighted by atomic mass is 9.98. The molecule has 3 N–H and O–H groups in total. The number of carboxylic acids is 1. The number of hydrogen-bond donors (Lipinski definition) is 3. The lowest BCUT2D eigenvalue weighted by molar-refractivity contribution is -0.143. The zero-order valence-electron chi connectivity index (χ0n) is 11.6. The molecule has 0 radical (unpaired) electrons. The van der Waals surface area contributed by atoms with Crippen molar-refractivity contribution in [2.24, 2.45) is 5.92 Å². The van der Waals surface area contributed by atoms with Gasteiger partial charge in [0.15, 0.2) is 5.54 Å². The molecule has 0 aromatic carbocycles. The number of nitrogens with one attached hydrogen (secondary N) is 2. The summed E-state index contributed by atoms with van der Waals surface area (Å²) in [6.07, 6.45) is 1.06. The molecule has 1 unspecified atom stereocenters. The number of carboxylic acid groups (broad SMARTS) is 1. The lowest BCUT2D eigenvalue weighted by Crippen LogP contribution is -2.56. The Bertz CT molecular complexity index is 503. The number of rotatable bonds is 5. The van der Waals surface area contributed by atoms with Crippen LogP contribution in [0, 0.1) is 5.92 Å². The number of carbonyl (C=O) groups excluding carboxylic acids is 1. The standard InChI is InChI=1S/C13H19N3O4/c1-8(2)5-9-6-10(20-16-9)11(17)15-13(12(18)19)3-4-14-7-13/h6,8,14H,3-5,7H2,1-2H3,(H,15,17)(H,18,19). The molecule has 1 amide bonds. The van der Waals surface area contributed by atoms with E-state index in [9.17, 15) is 14.7 Å². The minimum Gasteiger partial charge on any atom is -0.479 e. The van der Waals surface area contributed by atoms with Gasteiger partial charge in [0.1, 0.15) is 0 Å². The summed E-state index contributed by atoms with van der Waals surface area (Å²) in [6.45, 7) is 4.85. The van der Waals surface area contributed by atoms with Gasteiger partial charge < -0.3 is 20.3 Å². The van der Waals surface area contributed by atoms with Gasteiger partial charge in [-0.2, -0.15) is 0 Å². The van der Waals surface area contributed by atoms with Crippen LogP contribution >= 0.6 is 0 Å². The van der Waals surface area contributed by atoms with Crippen molar-refractivity contribution in [1.29, 1.82) is 0 Å². The van der Waals surface area contributed by atoms with E-state index in [0.29, 0.717) is 31.0 Å². The van der Waals surface area contributed by atoms with E-state index in [4.69, 9.17) is 4.52 Å². The van der Waals surface area contributed by atoms with Crippen molar-refractivity contribution in [1.82, 2.24) is 15.8 Å². The van der Waals surface area contributed by atoms with Gasteiger partial charge in [0.2, 0.25) is 5.76 Å². The molecular weight excluding hydrogens is 262 g/mol. The Hall–Kier alpha value is -1.89. The van der Waals surface area contributed by atoms with Gasteiger partial charge in [-0.05, 0) is 25.3 Å². The highest BCUT2D eigenvalue weighted by molar-refractivity contribution is 5.96. The van der Waals surface area contributed by atoms with Crippen LogP contribution in [-0.4, -0.2) is 40.8 Å². The number of aliphatic carboxylic acids is 1.